The summed E-state index contributed by atoms with van der Waals surface area (Å²) in [6.45, 7) is 10.3. The van der Waals surface area contributed by atoms with Crippen molar-refractivity contribution >= 4 is 17.7 Å². The van der Waals surface area contributed by atoms with E-state index in [1.807, 2.05) is 39.8 Å². The Bertz CT molecular complexity index is 614. The minimum atomic E-state index is -0.478. The molecule has 0 aliphatic carbocycles. The third-order valence-electron chi connectivity index (χ3n) is 3.89. The molecule has 132 valence electrons. The molecule has 1 heterocycles. The number of methoxy groups -OCH3 is 1. The van der Waals surface area contributed by atoms with Crippen LogP contribution in [-0.2, 0) is 9.47 Å². The molecule has 0 atom stereocenters. The molecule has 0 saturated carbocycles. The molecule has 0 bridgehead atoms. The number of aryl methyl sites for hydroxylation is 1. The highest BCUT2D eigenvalue weighted by Gasteiger charge is 2.26. The van der Waals surface area contributed by atoms with Crippen molar-refractivity contribution in [1.29, 1.82) is 0 Å². The van der Waals surface area contributed by atoms with Gasteiger partial charge in [0.05, 0.1) is 12.7 Å². The van der Waals surface area contributed by atoms with Crippen LogP contribution < -0.4 is 4.90 Å². The zero-order valence-corrected chi connectivity index (χ0v) is 15.1. The number of piperazine rings is 1. The molecular weight excluding hydrogens is 308 g/mol. The lowest BCUT2D eigenvalue weighted by Crippen LogP contribution is -2.50. The molecule has 24 heavy (non-hydrogen) atoms. The number of carbonyl (C=O) groups excluding carboxylic acids is 2. The van der Waals surface area contributed by atoms with Crippen LogP contribution in [0.2, 0.25) is 0 Å². The Hall–Kier alpha value is -2.24. The third-order valence-corrected chi connectivity index (χ3v) is 3.89. The van der Waals surface area contributed by atoms with Crippen LogP contribution >= 0.6 is 0 Å². The molecule has 6 nitrogen and oxygen atoms in total. The van der Waals surface area contributed by atoms with Crippen LogP contribution in [0.4, 0.5) is 10.5 Å². The molecule has 1 aromatic carbocycles. The van der Waals surface area contributed by atoms with Crippen LogP contribution in [-0.4, -0.2) is 55.9 Å². The Kier molecular flexibility index (Phi) is 5.36. The van der Waals surface area contributed by atoms with Gasteiger partial charge in [0, 0.05) is 31.9 Å². The Morgan fingerprint density at radius 2 is 1.71 bits per heavy atom. The minimum absolute atomic E-state index is 0.264. The first-order valence-corrected chi connectivity index (χ1v) is 8.13. The lowest BCUT2D eigenvalue weighted by molar-refractivity contribution is 0.0240. The average molecular weight is 334 g/mol. The summed E-state index contributed by atoms with van der Waals surface area (Å²) in [5, 5.41) is 0. The maximum Gasteiger partial charge on any atom is 0.410 e. The van der Waals surface area contributed by atoms with E-state index in [2.05, 4.69) is 4.90 Å². The zero-order chi connectivity index (χ0) is 17.9. The monoisotopic (exact) mass is 334 g/mol. The van der Waals surface area contributed by atoms with E-state index < -0.39 is 5.60 Å². The molecule has 2 rings (SSSR count). The summed E-state index contributed by atoms with van der Waals surface area (Å²) in [6, 6.07) is 5.54. The molecule has 0 spiro atoms. The van der Waals surface area contributed by atoms with Gasteiger partial charge in [-0.3, -0.25) is 0 Å². The number of benzene rings is 1. The predicted molar refractivity (Wildman–Crippen MR) is 92.5 cm³/mol. The normalized spacial score (nSPS) is 15.2. The highest BCUT2D eigenvalue weighted by atomic mass is 16.6. The van der Waals surface area contributed by atoms with Crippen molar-refractivity contribution in [2.45, 2.75) is 33.3 Å². The van der Waals surface area contributed by atoms with E-state index >= 15 is 0 Å². The fourth-order valence-corrected chi connectivity index (χ4v) is 2.71. The van der Waals surface area contributed by atoms with Gasteiger partial charge in [-0.15, -0.1) is 0 Å². The summed E-state index contributed by atoms with van der Waals surface area (Å²) in [5.74, 6) is -0.334. The number of carbonyl (C=O) groups is 2. The fourth-order valence-electron chi connectivity index (χ4n) is 2.71. The van der Waals surface area contributed by atoms with E-state index in [0.29, 0.717) is 18.7 Å². The van der Waals surface area contributed by atoms with Crippen LogP contribution in [0.5, 0.6) is 0 Å². The van der Waals surface area contributed by atoms with Gasteiger partial charge in [-0.2, -0.15) is 0 Å². The van der Waals surface area contributed by atoms with Crippen molar-refractivity contribution in [3.05, 3.63) is 29.3 Å². The Balaban J connectivity index is 2.00. The van der Waals surface area contributed by atoms with E-state index in [4.69, 9.17) is 9.47 Å². The van der Waals surface area contributed by atoms with Crippen molar-refractivity contribution < 1.29 is 19.1 Å². The Morgan fingerprint density at radius 3 is 2.21 bits per heavy atom. The number of hydrogen-bond acceptors (Lipinski definition) is 5. The summed E-state index contributed by atoms with van der Waals surface area (Å²) in [4.78, 5) is 27.7. The van der Waals surface area contributed by atoms with Crippen LogP contribution in [0.3, 0.4) is 0 Å². The molecule has 1 saturated heterocycles. The first-order chi connectivity index (χ1) is 11.2. The number of amides is 1. The molecular formula is C18H26N2O4. The maximum absolute atomic E-state index is 12.1. The quantitative estimate of drug-likeness (QED) is 0.779. The van der Waals surface area contributed by atoms with E-state index in [1.54, 1.807) is 11.0 Å². The van der Waals surface area contributed by atoms with Crippen LogP contribution in [0.25, 0.3) is 0 Å². The second kappa shape index (κ2) is 7.11. The highest BCUT2D eigenvalue weighted by Crippen LogP contribution is 2.23. The van der Waals surface area contributed by atoms with E-state index in [0.717, 1.165) is 24.3 Å². The van der Waals surface area contributed by atoms with Crippen molar-refractivity contribution in [2.24, 2.45) is 0 Å². The van der Waals surface area contributed by atoms with E-state index in [1.165, 1.54) is 7.11 Å². The number of nitrogens with zero attached hydrogens (tertiary/aromatic N) is 2. The summed E-state index contributed by atoms with van der Waals surface area (Å²) in [7, 11) is 1.38. The summed E-state index contributed by atoms with van der Waals surface area (Å²) in [6.07, 6.45) is -0.264. The van der Waals surface area contributed by atoms with Gasteiger partial charge >= 0.3 is 12.1 Å². The van der Waals surface area contributed by atoms with Crippen LogP contribution in [0.15, 0.2) is 18.2 Å². The van der Waals surface area contributed by atoms with E-state index in [9.17, 15) is 9.59 Å². The van der Waals surface area contributed by atoms with E-state index in [-0.39, 0.29) is 12.1 Å². The average Bonchev–Trinajstić information content (AvgIpc) is 2.52. The second-order valence-electron chi connectivity index (χ2n) is 6.95. The van der Waals surface area contributed by atoms with Gasteiger partial charge in [0.2, 0.25) is 0 Å². The van der Waals surface area contributed by atoms with Gasteiger partial charge in [0.1, 0.15) is 5.60 Å². The van der Waals surface area contributed by atoms with Crippen molar-refractivity contribution in [3.63, 3.8) is 0 Å². The number of rotatable bonds is 2. The van der Waals surface area contributed by atoms with Gasteiger partial charge in [-0.25, -0.2) is 9.59 Å². The molecule has 0 N–H and O–H groups in total. The largest absolute Gasteiger partial charge is 0.465 e. The summed E-state index contributed by atoms with van der Waals surface area (Å²) in [5.41, 5.74) is 2.16. The van der Waals surface area contributed by atoms with Crippen molar-refractivity contribution in [2.75, 3.05) is 38.2 Å². The van der Waals surface area contributed by atoms with Crippen molar-refractivity contribution in [3.8, 4) is 0 Å². The first kappa shape index (κ1) is 18.1. The Labute approximate surface area is 143 Å². The molecule has 1 aliphatic heterocycles. The summed E-state index contributed by atoms with van der Waals surface area (Å²) < 4.78 is 10.2. The number of hydrogen-bond donors (Lipinski definition) is 0. The summed E-state index contributed by atoms with van der Waals surface area (Å²) >= 11 is 0. The van der Waals surface area contributed by atoms with Gasteiger partial charge in [0.15, 0.2) is 0 Å². The Morgan fingerprint density at radius 1 is 1.08 bits per heavy atom. The van der Waals surface area contributed by atoms with Crippen molar-refractivity contribution in [1.82, 2.24) is 4.90 Å². The number of esters is 1. The number of ether oxygens (including phenoxy) is 2. The lowest BCUT2D eigenvalue weighted by atomic mass is 10.1. The molecule has 0 unspecified atom stereocenters. The smallest absolute Gasteiger partial charge is 0.410 e. The molecule has 1 aliphatic rings. The minimum Gasteiger partial charge on any atom is -0.465 e. The SMILES string of the molecule is COC(=O)c1ccc(N2CCN(C(=O)OC(C)(C)C)CC2)c(C)c1. The fraction of sp³-hybridized carbons (Fsp3) is 0.556. The third kappa shape index (κ3) is 4.40. The molecule has 0 aromatic heterocycles. The number of anilines is 1. The maximum atomic E-state index is 12.1. The molecule has 1 aromatic rings. The van der Waals surface area contributed by atoms with Gasteiger partial charge in [0.25, 0.3) is 0 Å². The molecule has 1 amide bonds. The topological polar surface area (TPSA) is 59.1 Å². The van der Waals surface area contributed by atoms with Gasteiger partial charge in [-0.05, 0) is 51.5 Å². The highest BCUT2D eigenvalue weighted by molar-refractivity contribution is 5.90. The predicted octanol–water partition coefficient (Wildman–Crippen LogP) is 2.84. The van der Waals surface area contributed by atoms with Gasteiger partial charge in [-0.1, -0.05) is 0 Å². The molecule has 1 fully saturated rings. The second-order valence-corrected chi connectivity index (χ2v) is 6.95. The lowest BCUT2D eigenvalue weighted by Gasteiger charge is -2.37. The van der Waals surface area contributed by atoms with Gasteiger partial charge < -0.3 is 19.3 Å². The molecule has 0 radical (unpaired) electrons. The van der Waals surface area contributed by atoms with Crippen LogP contribution in [0, 0.1) is 6.92 Å². The standard InChI is InChI=1S/C18H26N2O4/c1-13-12-14(16(21)23-5)6-7-15(13)19-8-10-20(11-9-19)17(22)24-18(2,3)4/h6-7,12H,8-11H2,1-5H3. The molecule has 6 heteroatoms. The van der Waals surface area contributed by atoms with Crippen LogP contribution in [0.1, 0.15) is 36.7 Å². The zero-order valence-electron chi connectivity index (χ0n) is 15.1. The first-order valence-electron chi connectivity index (χ1n) is 8.13.